The number of rotatable bonds is 2. The predicted octanol–water partition coefficient (Wildman–Crippen LogP) is 2.52. The molecule has 0 saturated heterocycles. The Kier molecular flexibility index (Phi) is 3.30. The van der Waals surface area contributed by atoms with Crippen molar-refractivity contribution in [2.75, 3.05) is 5.32 Å². The van der Waals surface area contributed by atoms with Crippen molar-refractivity contribution in [1.29, 1.82) is 0 Å². The number of pyridine rings is 2. The van der Waals surface area contributed by atoms with Crippen LogP contribution in [-0.4, -0.2) is 15.9 Å². The molecule has 0 atom stereocenters. The number of aromatic nitrogens is 2. The van der Waals surface area contributed by atoms with Gasteiger partial charge in [-0.3, -0.25) is 9.78 Å². The normalized spacial score (nSPS) is 10.0. The summed E-state index contributed by atoms with van der Waals surface area (Å²) in [5.74, 6) is -1.06. The number of carbonyl (C=O) groups excluding carboxylic acids is 1. The number of nitrogens with one attached hydrogen (secondary N) is 1. The third-order valence-corrected chi connectivity index (χ3v) is 2.22. The molecular formula is C11H7ClFN3O. The molecule has 0 spiro atoms. The molecule has 86 valence electrons. The second-order valence-corrected chi connectivity index (χ2v) is 3.56. The molecule has 2 heterocycles. The van der Waals surface area contributed by atoms with Crippen LogP contribution in [0.25, 0.3) is 0 Å². The Morgan fingerprint density at radius 3 is 2.88 bits per heavy atom. The fourth-order valence-electron chi connectivity index (χ4n) is 1.21. The van der Waals surface area contributed by atoms with Gasteiger partial charge >= 0.3 is 0 Å². The highest BCUT2D eigenvalue weighted by Gasteiger charge is 2.09. The van der Waals surface area contributed by atoms with Crippen LogP contribution in [0, 0.1) is 5.82 Å². The van der Waals surface area contributed by atoms with Gasteiger partial charge in [0.15, 0.2) is 5.82 Å². The summed E-state index contributed by atoms with van der Waals surface area (Å²) in [4.78, 5) is 19.1. The minimum absolute atomic E-state index is 0.0675. The monoisotopic (exact) mass is 251 g/mol. The third-order valence-electron chi connectivity index (χ3n) is 2.01. The van der Waals surface area contributed by atoms with Crippen LogP contribution in [0.3, 0.4) is 0 Å². The van der Waals surface area contributed by atoms with E-state index in [4.69, 9.17) is 11.6 Å². The maximum absolute atomic E-state index is 13.2. The van der Waals surface area contributed by atoms with E-state index in [1.54, 1.807) is 0 Å². The minimum Gasteiger partial charge on any atom is -0.319 e. The van der Waals surface area contributed by atoms with E-state index in [1.165, 1.54) is 30.6 Å². The van der Waals surface area contributed by atoms with Crippen LogP contribution < -0.4 is 5.32 Å². The Hall–Kier alpha value is -2.01. The van der Waals surface area contributed by atoms with Crippen molar-refractivity contribution in [3.8, 4) is 0 Å². The van der Waals surface area contributed by atoms with Crippen molar-refractivity contribution in [2.24, 2.45) is 0 Å². The number of hydrogen-bond acceptors (Lipinski definition) is 3. The number of halogens is 2. The number of hydrogen-bond donors (Lipinski definition) is 1. The maximum Gasteiger partial charge on any atom is 0.255 e. The molecule has 0 unspecified atom stereocenters. The zero-order valence-electron chi connectivity index (χ0n) is 8.52. The zero-order valence-corrected chi connectivity index (χ0v) is 9.28. The lowest BCUT2D eigenvalue weighted by molar-refractivity contribution is 0.102. The Balaban J connectivity index is 2.20. The maximum atomic E-state index is 13.2. The van der Waals surface area contributed by atoms with E-state index in [-0.39, 0.29) is 10.8 Å². The fraction of sp³-hybridized carbons (Fsp3) is 0. The lowest BCUT2D eigenvalue weighted by atomic mass is 10.2. The van der Waals surface area contributed by atoms with E-state index in [0.717, 1.165) is 6.20 Å². The molecule has 1 amide bonds. The first-order chi connectivity index (χ1) is 8.16. The van der Waals surface area contributed by atoms with E-state index in [0.29, 0.717) is 5.56 Å². The van der Waals surface area contributed by atoms with Crippen molar-refractivity contribution < 1.29 is 9.18 Å². The van der Waals surface area contributed by atoms with Gasteiger partial charge in [0.2, 0.25) is 0 Å². The summed E-state index contributed by atoms with van der Waals surface area (Å²) in [6.07, 6.45) is 3.81. The highest BCUT2D eigenvalue weighted by Crippen LogP contribution is 2.13. The van der Waals surface area contributed by atoms with Gasteiger partial charge in [0.05, 0.1) is 11.9 Å². The fourth-order valence-corrected chi connectivity index (χ4v) is 1.39. The van der Waals surface area contributed by atoms with Gasteiger partial charge in [-0.2, -0.15) is 0 Å². The molecule has 0 bridgehead atoms. The number of nitrogens with zero attached hydrogens (tertiary/aromatic N) is 2. The summed E-state index contributed by atoms with van der Waals surface area (Å²) in [5, 5.41) is 2.62. The Labute approximate surface area is 101 Å². The standard InChI is InChI=1S/C11H7ClFN3O/c12-10-5-7(1-4-15-10)11(17)16-9-2-3-14-6-8(9)13/h1-6H,(H,14,16,17). The van der Waals surface area contributed by atoms with E-state index in [1.807, 2.05) is 0 Å². The molecule has 2 aromatic heterocycles. The third kappa shape index (κ3) is 2.76. The van der Waals surface area contributed by atoms with Gasteiger partial charge in [-0.05, 0) is 18.2 Å². The van der Waals surface area contributed by atoms with Crippen LogP contribution in [0.2, 0.25) is 5.15 Å². The molecule has 0 saturated carbocycles. The lowest BCUT2D eigenvalue weighted by Crippen LogP contribution is -2.13. The predicted molar refractivity (Wildman–Crippen MR) is 61.4 cm³/mol. The van der Waals surface area contributed by atoms with Gasteiger partial charge in [0.1, 0.15) is 5.15 Å². The molecule has 2 aromatic rings. The van der Waals surface area contributed by atoms with Gasteiger partial charge in [-0.15, -0.1) is 0 Å². The van der Waals surface area contributed by atoms with Crippen molar-refractivity contribution >= 4 is 23.2 Å². The first-order valence-electron chi connectivity index (χ1n) is 4.69. The quantitative estimate of drug-likeness (QED) is 0.835. The van der Waals surface area contributed by atoms with Crippen LogP contribution >= 0.6 is 11.6 Å². The molecule has 1 N–H and O–H groups in total. The largest absolute Gasteiger partial charge is 0.319 e. The van der Waals surface area contributed by atoms with Crippen LogP contribution in [-0.2, 0) is 0 Å². The second kappa shape index (κ2) is 4.88. The molecule has 4 nitrogen and oxygen atoms in total. The lowest BCUT2D eigenvalue weighted by Gasteiger charge is -2.05. The highest BCUT2D eigenvalue weighted by atomic mass is 35.5. The van der Waals surface area contributed by atoms with Gasteiger partial charge in [-0.25, -0.2) is 9.37 Å². The summed E-state index contributed by atoms with van der Waals surface area (Å²) in [7, 11) is 0. The van der Waals surface area contributed by atoms with Crippen molar-refractivity contribution in [1.82, 2.24) is 9.97 Å². The van der Waals surface area contributed by atoms with Gasteiger partial charge in [0, 0.05) is 18.0 Å². The second-order valence-electron chi connectivity index (χ2n) is 3.18. The summed E-state index contributed by atoms with van der Waals surface area (Å²) >= 11 is 5.65. The van der Waals surface area contributed by atoms with Crippen LogP contribution in [0.5, 0.6) is 0 Å². The van der Waals surface area contributed by atoms with E-state index in [2.05, 4.69) is 15.3 Å². The van der Waals surface area contributed by atoms with E-state index < -0.39 is 11.7 Å². The van der Waals surface area contributed by atoms with Crippen molar-refractivity contribution in [3.05, 3.63) is 53.3 Å². The van der Waals surface area contributed by atoms with Crippen LogP contribution in [0.4, 0.5) is 10.1 Å². The molecule has 0 aliphatic rings. The van der Waals surface area contributed by atoms with Crippen LogP contribution in [0.1, 0.15) is 10.4 Å². The summed E-state index contributed by atoms with van der Waals surface area (Å²) in [5.41, 5.74) is 0.374. The Morgan fingerprint density at radius 2 is 2.18 bits per heavy atom. The molecule has 0 aromatic carbocycles. The molecular weight excluding hydrogens is 245 g/mol. The average Bonchev–Trinajstić information content (AvgIpc) is 2.32. The number of amides is 1. The molecule has 0 aliphatic carbocycles. The SMILES string of the molecule is O=C(Nc1ccncc1F)c1ccnc(Cl)c1. The summed E-state index contributed by atoms with van der Waals surface area (Å²) in [6, 6.07) is 4.26. The van der Waals surface area contributed by atoms with Gasteiger partial charge < -0.3 is 5.32 Å². The first kappa shape index (κ1) is 11.5. The van der Waals surface area contributed by atoms with Gasteiger partial charge in [0.25, 0.3) is 5.91 Å². The van der Waals surface area contributed by atoms with E-state index >= 15 is 0 Å². The Morgan fingerprint density at radius 1 is 1.35 bits per heavy atom. The molecule has 2 rings (SSSR count). The summed E-state index contributed by atoms with van der Waals surface area (Å²) in [6.45, 7) is 0. The number of carbonyl (C=O) groups is 1. The van der Waals surface area contributed by atoms with Gasteiger partial charge in [-0.1, -0.05) is 11.6 Å². The summed E-state index contributed by atoms with van der Waals surface area (Å²) < 4.78 is 13.2. The first-order valence-corrected chi connectivity index (χ1v) is 5.07. The average molecular weight is 252 g/mol. The zero-order chi connectivity index (χ0) is 12.3. The van der Waals surface area contributed by atoms with E-state index in [9.17, 15) is 9.18 Å². The Bertz CT molecular complexity index is 562. The molecule has 17 heavy (non-hydrogen) atoms. The molecule has 0 fully saturated rings. The molecule has 6 heteroatoms. The smallest absolute Gasteiger partial charge is 0.255 e. The minimum atomic E-state index is -0.596. The number of anilines is 1. The molecule has 0 aliphatic heterocycles. The van der Waals surface area contributed by atoms with Crippen molar-refractivity contribution in [3.63, 3.8) is 0 Å². The van der Waals surface area contributed by atoms with Crippen molar-refractivity contribution in [2.45, 2.75) is 0 Å². The van der Waals surface area contributed by atoms with Crippen LogP contribution in [0.15, 0.2) is 36.8 Å². The topological polar surface area (TPSA) is 54.9 Å². The molecule has 0 radical (unpaired) electrons. The highest BCUT2D eigenvalue weighted by molar-refractivity contribution is 6.29.